The molecule has 0 rings (SSSR count). The fraction of sp³-hybridized carbons (Fsp3) is 1.00. The summed E-state index contributed by atoms with van der Waals surface area (Å²) in [4.78, 5) is 0. The normalized spacial score (nSPS) is 13.6. The van der Waals surface area contributed by atoms with Crippen molar-refractivity contribution >= 4 is 8.56 Å². The van der Waals surface area contributed by atoms with Crippen LogP contribution in [0.25, 0.3) is 0 Å². The molecule has 0 heterocycles. The van der Waals surface area contributed by atoms with Crippen LogP contribution in [0, 0.1) is 5.92 Å². The standard InChI is InChI=1S/C17H38O3Si/c1-6-9-10-11-12-14-19-21(7-2,8-3)20-16-17(4)13-15-18-5/h17H,6-16H2,1-5H3. The van der Waals surface area contributed by atoms with E-state index in [1.807, 2.05) is 0 Å². The lowest BCUT2D eigenvalue weighted by Gasteiger charge is -2.30. The van der Waals surface area contributed by atoms with Crippen molar-refractivity contribution in [2.75, 3.05) is 26.9 Å². The van der Waals surface area contributed by atoms with Crippen molar-refractivity contribution < 1.29 is 13.6 Å². The summed E-state index contributed by atoms with van der Waals surface area (Å²) in [6, 6.07) is 2.10. The first kappa shape index (κ1) is 21.1. The topological polar surface area (TPSA) is 27.7 Å². The number of ether oxygens (including phenoxy) is 1. The molecule has 0 aliphatic carbocycles. The molecule has 0 aromatic carbocycles. The number of rotatable bonds is 15. The highest BCUT2D eigenvalue weighted by Gasteiger charge is 2.33. The third-order valence-electron chi connectivity index (χ3n) is 4.14. The van der Waals surface area contributed by atoms with Crippen LogP contribution in [0.3, 0.4) is 0 Å². The van der Waals surface area contributed by atoms with Gasteiger partial charge in [-0.1, -0.05) is 53.4 Å². The lowest BCUT2D eigenvalue weighted by atomic mass is 10.1. The number of unbranched alkanes of at least 4 members (excludes halogenated alkanes) is 4. The summed E-state index contributed by atoms with van der Waals surface area (Å²) in [7, 11) is -0.198. The first-order valence-corrected chi connectivity index (χ1v) is 11.1. The van der Waals surface area contributed by atoms with Crippen LogP contribution < -0.4 is 0 Å². The summed E-state index contributed by atoms with van der Waals surface area (Å²) >= 11 is 0. The van der Waals surface area contributed by atoms with E-state index in [1.54, 1.807) is 7.11 Å². The Hall–Kier alpha value is 0.0969. The van der Waals surface area contributed by atoms with Gasteiger partial charge in [-0.2, -0.15) is 0 Å². The van der Waals surface area contributed by atoms with Crippen LogP contribution in [0.1, 0.15) is 66.2 Å². The van der Waals surface area contributed by atoms with Crippen LogP contribution in [0.2, 0.25) is 12.1 Å². The monoisotopic (exact) mass is 318 g/mol. The van der Waals surface area contributed by atoms with Gasteiger partial charge in [0.1, 0.15) is 0 Å². The third-order valence-corrected chi connectivity index (χ3v) is 7.71. The van der Waals surface area contributed by atoms with Crippen molar-refractivity contribution in [3.05, 3.63) is 0 Å². The van der Waals surface area contributed by atoms with E-state index in [0.29, 0.717) is 5.92 Å². The highest BCUT2D eigenvalue weighted by Crippen LogP contribution is 2.21. The molecule has 0 bridgehead atoms. The van der Waals surface area contributed by atoms with E-state index in [2.05, 4.69) is 27.7 Å². The van der Waals surface area contributed by atoms with Gasteiger partial charge in [-0.15, -0.1) is 0 Å². The summed E-state index contributed by atoms with van der Waals surface area (Å²) < 4.78 is 17.7. The molecule has 1 atom stereocenters. The molecule has 0 N–H and O–H groups in total. The molecule has 0 saturated heterocycles. The molecule has 0 aliphatic rings. The maximum Gasteiger partial charge on any atom is 0.337 e. The zero-order valence-electron chi connectivity index (χ0n) is 15.1. The second-order valence-corrected chi connectivity index (χ2v) is 9.89. The van der Waals surface area contributed by atoms with Gasteiger partial charge in [0.25, 0.3) is 0 Å². The molecule has 0 aromatic rings. The number of methoxy groups -OCH3 is 1. The largest absolute Gasteiger partial charge is 0.394 e. The summed E-state index contributed by atoms with van der Waals surface area (Å²) in [5.41, 5.74) is 0. The highest BCUT2D eigenvalue weighted by atomic mass is 28.4. The van der Waals surface area contributed by atoms with Crippen LogP contribution in [0.15, 0.2) is 0 Å². The van der Waals surface area contributed by atoms with Gasteiger partial charge in [0.15, 0.2) is 0 Å². The zero-order valence-corrected chi connectivity index (χ0v) is 16.1. The Labute approximate surface area is 134 Å². The van der Waals surface area contributed by atoms with Crippen molar-refractivity contribution in [2.24, 2.45) is 5.92 Å². The van der Waals surface area contributed by atoms with Crippen molar-refractivity contribution in [3.8, 4) is 0 Å². The van der Waals surface area contributed by atoms with E-state index in [9.17, 15) is 0 Å². The Balaban J connectivity index is 3.99. The minimum absolute atomic E-state index is 0.545. The molecule has 4 heteroatoms. The SMILES string of the molecule is CCCCCCCO[Si](CC)(CC)OCC(C)CCOC. The molecule has 1 unspecified atom stereocenters. The second kappa shape index (κ2) is 13.7. The molecular weight excluding hydrogens is 280 g/mol. The van der Waals surface area contributed by atoms with E-state index in [1.165, 1.54) is 32.1 Å². The van der Waals surface area contributed by atoms with E-state index in [0.717, 1.165) is 38.3 Å². The molecular formula is C17H38O3Si. The van der Waals surface area contributed by atoms with Gasteiger partial charge in [0.05, 0.1) is 0 Å². The lowest BCUT2D eigenvalue weighted by Crippen LogP contribution is -2.42. The molecule has 0 saturated carbocycles. The van der Waals surface area contributed by atoms with Gasteiger partial charge in [0.2, 0.25) is 0 Å². The third kappa shape index (κ3) is 10.4. The van der Waals surface area contributed by atoms with Gasteiger partial charge in [-0.3, -0.25) is 0 Å². The van der Waals surface area contributed by atoms with Crippen LogP contribution in [-0.4, -0.2) is 35.5 Å². The molecule has 0 fully saturated rings. The van der Waals surface area contributed by atoms with Crippen LogP contribution in [-0.2, 0) is 13.6 Å². The molecule has 0 aliphatic heterocycles. The molecule has 128 valence electrons. The lowest BCUT2D eigenvalue weighted by molar-refractivity contribution is 0.125. The second-order valence-electron chi connectivity index (χ2n) is 6.08. The van der Waals surface area contributed by atoms with E-state index < -0.39 is 8.56 Å². The van der Waals surface area contributed by atoms with Gasteiger partial charge >= 0.3 is 8.56 Å². The summed E-state index contributed by atoms with van der Waals surface area (Å²) in [6.45, 7) is 11.4. The van der Waals surface area contributed by atoms with Crippen LogP contribution >= 0.6 is 0 Å². The highest BCUT2D eigenvalue weighted by molar-refractivity contribution is 6.67. The maximum absolute atomic E-state index is 6.28. The van der Waals surface area contributed by atoms with Gasteiger partial charge < -0.3 is 13.6 Å². The fourth-order valence-corrected chi connectivity index (χ4v) is 4.86. The zero-order chi connectivity index (χ0) is 16.0. The molecule has 3 nitrogen and oxygen atoms in total. The Kier molecular flexibility index (Phi) is 13.8. The van der Waals surface area contributed by atoms with Gasteiger partial charge in [0, 0.05) is 26.9 Å². The molecule has 0 spiro atoms. The van der Waals surface area contributed by atoms with Crippen molar-refractivity contribution in [3.63, 3.8) is 0 Å². The first-order chi connectivity index (χ1) is 10.1. The van der Waals surface area contributed by atoms with Crippen molar-refractivity contribution in [2.45, 2.75) is 78.3 Å². The van der Waals surface area contributed by atoms with Crippen LogP contribution in [0.5, 0.6) is 0 Å². The van der Waals surface area contributed by atoms with E-state index >= 15 is 0 Å². The van der Waals surface area contributed by atoms with E-state index in [4.69, 9.17) is 13.6 Å². The number of hydrogen-bond donors (Lipinski definition) is 0. The minimum atomic E-state index is -1.95. The Morgan fingerprint density at radius 1 is 0.857 bits per heavy atom. The average Bonchev–Trinajstić information content (AvgIpc) is 2.52. The van der Waals surface area contributed by atoms with Gasteiger partial charge in [-0.05, 0) is 30.8 Å². The summed E-state index contributed by atoms with van der Waals surface area (Å²) in [5, 5.41) is 0. The minimum Gasteiger partial charge on any atom is -0.394 e. The molecule has 21 heavy (non-hydrogen) atoms. The predicted octanol–water partition coefficient (Wildman–Crippen LogP) is 5.14. The summed E-state index contributed by atoms with van der Waals surface area (Å²) in [5.74, 6) is 0.545. The first-order valence-electron chi connectivity index (χ1n) is 8.90. The smallest absolute Gasteiger partial charge is 0.337 e. The van der Waals surface area contributed by atoms with E-state index in [-0.39, 0.29) is 0 Å². The predicted molar refractivity (Wildman–Crippen MR) is 93.0 cm³/mol. The quantitative estimate of drug-likeness (QED) is 0.309. The molecule has 0 aromatic heterocycles. The summed E-state index contributed by atoms with van der Waals surface area (Å²) in [6.07, 6.45) is 7.50. The number of hydrogen-bond acceptors (Lipinski definition) is 3. The Morgan fingerprint density at radius 3 is 2.10 bits per heavy atom. The Morgan fingerprint density at radius 2 is 1.52 bits per heavy atom. The molecule has 0 amide bonds. The average molecular weight is 319 g/mol. The Bertz CT molecular complexity index is 220. The van der Waals surface area contributed by atoms with Crippen molar-refractivity contribution in [1.29, 1.82) is 0 Å². The maximum atomic E-state index is 6.28. The fourth-order valence-electron chi connectivity index (χ4n) is 2.36. The van der Waals surface area contributed by atoms with Crippen LogP contribution in [0.4, 0.5) is 0 Å². The van der Waals surface area contributed by atoms with Crippen molar-refractivity contribution in [1.82, 2.24) is 0 Å². The molecule has 0 radical (unpaired) electrons. The van der Waals surface area contributed by atoms with Gasteiger partial charge in [-0.25, -0.2) is 0 Å².